The summed E-state index contributed by atoms with van der Waals surface area (Å²) in [7, 11) is 0. The molecule has 0 saturated heterocycles. The van der Waals surface area contributed by atoms with E-state index >= 15 is 0 Å². The third-order valence-electron chi connectivity index (χ3n) is 2.30. The van der Waals surface area contributed by atoms with Gasteiger partial charge in [-0.15, -0.1) is 0 Å². The van der Waals surface area contributed by atoms with Gasteiger partial charge in [0.1, 0.15) is 0 Å². The predicted octanol–water partition coefficient (Wildman–Crippen LogP) is 1.84. The summed E-state index contributed by atoms with van der Waals surface area (Å²) in [6.45, 7) is 2.59. The van der Waals surface area contributed by atoms with Crippen molar-refractivity contribution in [3.63, 3.8) is 0 Å². The summed E-state index contributed by atoms with van der Waals surface area (Å²) >= 11 is 0. The van der Waals surface area contributed by atoms with Gasteiger partial charge in [-0.05, 0) is 6.42 Å². The van der Waals surface area contributed by atoms with Crippen LogP contribution in [0.5, 0.6) is 0 Å². The molecule has 0 spiro atoms. The van der Waals surface area contributed by atoms with E-state index in [1.54, 1.807) is 0 Å². The van der Waals surface area contributed by atoms with Gasteiger partial charge in [0.25, 0.3) is 0 Å². The third kappa shape index (κ3) is 16.2. The molecule has 0 amide bonds. The van der Waals surface area contributed by atoms with Crippen molar-refractivity contribution in [3.8, 4) is 0 Å². The van der Waals surface area contributed by atoms with Gasteiger partial charge >= 0.3 is 49.7 Å². The first-order valence-corrected chi connectivity index (χ1v) is 6.04. The zero-order chi connectivity index (χ0) is 12.2. The standard InChI is InChI=1S/C12H22O4.Ca.2H/c1-2-3-4-5-6-7-10-16-12(15)9-8-11(13)14;;;/h2-10H2,1H3,(H,13,14);;;. The summed E-state index contributed by atoms with van der Waals surface area (Å²) in [5.74, 6) is -1.37. The fourth-order valence-electron chi connectivity index (χ4n) is 1.35. The number of hydrogen-bond donors (Lipinski definition) is 1. The van der Waals surface area contributed by atoms with E-state index in [9.17, 15) is 9.59 Å². The summed E-state index contributed by atoms with van der Waals surface area (Å²) in [6, 6.07) is 0. The molecule has 0 unspecified atom stereocenters. The molecule has 0 aliphatic carbocycles. The molecule has 4 nitrogen and oxygen atoms in total. The molecule has 0 aliphatic rings. The van der Waals surface area contributed by atoms with E-state index in [2.05, 4.69) is 6.92 Å². The molecule has 5 heteroatoms. The van der Waals surface area contributed by atoms with Crippen LogP contribution in [0.2, 0.25) is 0 Å². The molecule has 0 atom stereocenters. The van der Waals surface area contributed by atoms with Crippen LogP contribution in [0.4, 0.5) is 0 Å². The Morgan fingerprint density at radius 2 is 1.59 bits per heavy atom. The SMILES string of the molecule is CCCCCCCCOC(=O)CCC(=O)O.[CaH2]. The van der Waals surface area contributed by atoms with Crippen LogP contribution in [0.15, 0.2) is 0 Å². The van der Waals surface area contributed by atoms with Crippen molar-refractivity contribution >= 4 is 49.7 Å². The van der Waals surface area contributed by atoms with Crippen molar-refractivity contribution in [2.24, 2.45) is 0 Å². The molecule has 0 aromatic rings. The average Bonchev–Trinajstić information content (AvgIpc) is 2.25. The second-order valence-electron chi connectivity index (χ2n) is 3.88. The number of ether oxygens (including phenoxy) is 1. The van der Waals surface area contributed by atoms with Crippen molar-refractivity contribution in [3.05, 3.63) is 0 Å². The van der Waals surface area contributed by atoms with Crippen molar-refractivity contribution in [1.29, 1.82) is 0 Å². The maximum atomic E-state index is 11.0. The van der Waals surface area contributed by atoms with E-state index in [-0.39, 0.29) is 50.6 Å². The Hall–Kier alpha value is 0.200. The number of rotatable bonds is 10. The van der Waals surface area contributed by atoms with E-state index in [1.165, 1.54) is 25.7 Å². The van der Waals surface area contributed by atoms with Crippen molar-refractivity contribution in [2.45, 2.75) is 58.3 Å². The second kappa shape index (κ2) is 14.3. The first kappa shape index (κ1) is 19.5. The van der Waals surface area contributed by atoms with E-state index in [1.807, 2.05) is 0 Å². The van der Waals surface area contributed by atoms with E-state index < -0.39 is 11.9 Å². The van der Waals surface area contributed by atoms with Crippen LogP contribution in [-0.2, 0) is 14.3 Å². The minimum absolute atomic E-state index is 0. The van der Waals surface area contributed by atoms with Crippen molar-refractivity contribution in [1.82, 2.24) is 0 Å². The van der Waals surface area contributed by atoms with E-state index in [0.717, 1.165) is 12.8 Å². The van der Waals surface area contributed by atoms with Crippen molar-refractivity contribution < 1.29 is 19.4 Å². The van der Waals surface area contributed by atoms with Gasteiger partial charge in [0, 0.05) is 0 Å². The maximum absolute atomic E-state index is 11.0. The topological polar surface area (TPSA) is 63.6 Å². The molecule has 0 heterocycles. The molecule has 1 N–H and O–H groups in total. The second-order valence-corrected chi connectivity index (χ2v) is 3.88. The summed E-state index contributed by atoms with van der Waals surface area (Å²) < 4.78 is 4.90. The first-order valence-electron chi connectivity index (χ1n) is 6.04. The van der Waals surface area contributed by atoms with E-state index in [0.29, 0.717) is 6.61 Å². The molecular weight excluding hydrogens is 248 g/mol. The predicted molar refractivity (Wildman–Crippen MR) is 69.7 cm³/mol. The van der Waals surface area contributed by atoms with Gasteiger partial charge in [-0.1, -0.05) is 39.0 Å². The average molecular weight is 272 g/mol. The zero-order valence-corrected chi connectivity index (χ0v) is 10.0. The summed E-state index contributed by atoms with van der Waals surface area (Å²) in [5.41, 5.74) is 0. The first-order chi connectivity index (χ1) is 7.66. The number of unbranched alkanes of at least 4 members (excludes halogenated alkanes) is 5. The molecule has 98 valence electrons. The Labute approximate surface area is 133 Å². The fourth-order valence-corrected chi connectivity index (χ4v) is 1.35. The molecule has 0 saturated carbocycles. The number of carboxylic acid groups (broad SMARTS) is 1. The van der Waals surface area contributed by atoms with Crippen LogP contribution in [-0.4, -0.2) is 61.4 Å². The Kier molecular flexibility index (Phi) is 16.4. The molecule has 0 radical (unpaired) electrons. The summed E-state index contributed by atoms with van der Waals surface area (Å²) in [4.78, 5) is 21.2. The third-order valence-corrected chi connectivity index (χ3v) is 2.30. The molecule has 0 fully saturated rings. The van der Waals surface area contributed by atoms with Crippen LogP contribution < -0.4 is 0 Å². The molecular formula is C12H24CaO4. The van der Waals surface area contributed by atoms with Gasteiger partial charge in [0.15, 0.2) is 0 Å². The molecule has 0 bridgehead atoms. The molecule has 0 aliphatic heterocycles. The number of hydrogen-bond acceptors (Lipinski definition) is 3. The Balaban J connectivity index is 0. The van der Waals surface area contributed by atoms with Gasteiger partial charge in [0.05, 0.1) is 19.4 Å². The van der Waals surface area contributed by atoms with Crippen LogP contribution >= 0.6 is 0 Å². The van der Waals surface area contributed by atoms with E-state index in [4.69, 9.17) is 9.84 Å². The Morgan fingerprint density at radius 1 is 1.00 bits per heavy atom. The number of carbonyl (C=O) groups excluding carboxylic acids is 1. The van der Waals surface area contributed by atoms with Gasteiger partial charge < -0.3 is 9.84 Å². The van der Waals surface area contributed by atoms with Crippen molar-refractivity contribution in [2.75, 3.05) is 6.61 Å². The monoisotopic (exact) mass is 272 g/mol. The number of carbonyl (C=O) groups is 2. The van der Waals surface area contributed by atoms with Crippen LogP contribution in [0.25, 0.3) is 0 Å². The van der Waals surface area contributed by atoms with Crippen LogP contribution in [0.1, 0.15) is 58.3 Å². The molecule has 0 rings (SSSR count). The number of carboxylic acids is 1. The van der Waals surface area contributed by atoms with Gasteiger partial charge in [-0.3, -0.25) is 9.59 Å². The number of aliphatic carboxylic acids is 1. The van der Waals surface area contributed by atoms with Crippen LogP contribution in [0.3, 0.4) is 0 Å². The Morgan fingerprint density at radius 3 is 2.18 bits per heavy atom. The fraction of sp³-hybridized carbons (Fsp3) is 0.833. The zero-order valence-electron chi connectivity index (χ0n) is 10.0. The van der Waals surface area contributed by atoms with Gasteiger partial charge in [-0.2, -0.15) is 0 Å². The minimum atomic E-state index is -0.962. The molecule has 17 heavy (non-hydrogen) atoms. The Bertz CT molecular complexity index is 207. The molecule has 0 aromatic carbocycles. The normalized spacial score (nSPS) is 9.47. The summed E-state index contributed by atoms with van der Waals surface area (Å²) in [6.07, 6.45) is 6.70. The molecule has 0 aromatic heterocycles. The number of esters is 1. The summed E-state index contributed by atoms with van der Waals surface area (Å²) in [5, 5.41) is 8.35. The van der Waals surface area contributed by atoms with Crippen LogP contribution in [0, 0.1) is 0 Å². The van der Waals surface area contributed by atoms with Gasteiger partial charge in [0.2, 0.25) is 0 Å². The quantitative estimate of drug-likeness (QED) is 0.374. The van der Waals surface area contributed by atoms with Gasteiger partial charge in [-0.25, -0.2) is 0 Å².